The summed E-state index contributed by atoms with van der Waals surface area (Å²) in [7, 11) is 1.86. The van der Waals surface area contributed by atoms with Gasteiger partial charge in [-0.25, -0.2) is 4.98 Å². The zero-order valence-electron chi connectivity index (χ0n) is 9.93. The maximum atomic E-state index is 11.7. The van der Waals surface area contributed by atoms with E-state index in [1.165, 1.54) is 0 Å². The number of halogens is 1. The number of nitrogens with one attached hydrogen (secondary N) is 1. The van der Waals surface area contributed by atoms with E-state index in [1.54, 1.807) is 22.9 Å². The molecule has 0 aliphatic heterocycles. The van der Waals surface area contributed by atoms with Crippen molar-refractivity contribution in [3.05, 3.63) is 47.0 Å². The Bertz CT molecular complexity index is 553. The van der Waals surface area contributed by atoms with Gasteiger partial charge in [0.15, 0.2) is 0 Å². The van der Waals surface area contributed by atoms with Gasteiger partial charge in [0, 0.05) is 26.2 Å². The molecule has 2 aromatic heterocycles. The second kappa shape index (κ2) is 5.64. The van der Waals surface area contributed by atoms with Crippen LogP contribution in [0.1, 0.15) is 16.2 Å². The van der Waals surface area contributed by atoms with Crippen molar-refractivity contribution in [2.24, 2.45) is 7.05 Å². The molecule has 1 amide bonds. The van der Waals surface area contributed by atoms with Crippen LogP contribution in [0.3, 0.4) is 0 Å². The molecule has 0 saturated heterocycles. The number of amides is 1. The molecule has 0 aliphatic carbocycles. The minimum Gasteiger partial charge on any atom is -0.350 e. The first-order valence-electron chi connectivity index (χ1n) is 5.54. The molecule has 2 heterocycles. The number of carbonyl (C=O) groups excluding carboxylic acids is 1. The lowest BCUT2D eigenvalue weighted by molar-refractivity contribution is 0.0949. The van der Waals surface area contributed by atoms with E-state index in [2.05, 4.69) is 15.4 Å². The number of aryl methyl sites for hydroxylation is 1. The molecule has 6 heteroatoms. The molecule has 0 radical (unpaired) electrons. The van der Waals surface area contributed by atoms with Crippen LogP contribution in [0.5, 0.6) is 0 Å². The average molecular weight is 265 g/mol. The van der Waals surface area contributed by atoms with Crippen LogP contribution in [0, 0.1) is 0 Å². The predicted molar refractivity (Wildman–Crippen MR) is 68.5 cm³/mol. The summed E-state index contributed by atoms with van der Waals surface area (Å²) in [6.45, 7) is 0.518. The zero-order chi connectivity index (χ0) is 13.0. The fraction of sp³-hybridized carbons (Fsp3) is 0.250. The Hall–Kier alpha value is -1.88. The lowest BCUT2D eigenvalue weighted by Gasteiger charge is -2.03. The van der Waals surface area contributed by atoms with Gasteiger partial charge in [-0.15, -0.1) is 0 Å². The van der Waals surface area contributed by atoms with E-state index in [4.69, 9.17) is 11.6 Å². The van der Waals surface area contributed by atoms with Gasteiger partial charge in [-0.3, -0.25) is 9.48 Å². The third kappa shape index (κ3) is 3.30. The molecule has 0 saturated carbocycles. The smallest absolute Gasteiger partial charge is 0.269 e. The summed E-state index contributed by atoms with van der Waals surface area (Å²) in [5.74, 6) is -0.228. The van der Waals surface area contributed by atoms with E-state index >= 15 is 0 Å². The van der Waals surface area contributed by atoms with Crippen LogP contribution < -0.4 is 5.32 Å². The maximum Gasteiger partial charge on any atom is 0.269 e. The number of rotatable bonds is 4. The normalized spacial score (nSPS) is 10.3. The van der Waals surface area contributed by atoms with Crippen LogP contribution in [0.15, 0.2) is 30.5 Å². The lowest BCUT2D eigenvalue weighted by atomic mass is 10.3. The van der Waals surface area contributed by atoms with Gasteiger partial charge in [0.25, 0.3) is 5.91 Å². The number of pyridine rings is 1. The van der Waals surface area contributed by atoms with E-state index in [0.29, 0.717) is 23.8 Å². The van der Waals surface area contributed by atoms with Crippen molar-refractivity contribution < 1.29 is 4.79 Å². The molecule has 0 atom stereocenters. The summed E-state index contributed by atoms with van der Waals surface area (Å²) in [5.41, 5.74) is 1.26. The number of hydrogen-bond acceptors (Lipinski definition) is 3. The Morgan fingerprint density at radius 2 is 2.28 bits per heavy atom. The van der Waals surface area contributed by atoms with Crippen LogP contribution >= 0.6 is 11.6 Å². The average Bonchev–Trinajstić information content (AvgIpc) is 2.75. The molecule has 0 fully saturated rings. The molecule has 0 aromatic carbocycles. The van der Waals surface area contributed by atoms with Crippen molar-refractivity contribution in [2.75, 3.05) is 6.54 Å². The van der Waals surface area contributed by atoms with Gasteiger partial charge >= 0.3 is 0 Å². The third-order valence-electron chi connectivity index (χ3n) is 2.38. The lowest BCUT2D eigenvalue weighted by Crippen LogP contribution is -2.26. The van der Waals surface area contributed by atoms with E-state index in [1.807, 2.05) is 19.3 Å². The standard InChI is InChI=1S/C12H13ClN4O/c1-17-8-6-9(16-17)5-7-14-12(18)10-3-2-4-11(13)15-10/h2-4,6,8H,5,7H2,1H3,(H,14,18). The molecule has 0 spiro atoms. The van der Waals surface area contributed by atoms with Gasteiger partial charge in [0.05, 0.1) is 5.69 Å². The third-order valence-corrected chi connectivity index (χ3v) is 2.59. The predicted octanol–water partition coefficient (Wildman–Crippen LogP) is 1.44. The summed E-state index contributed by atoms with van der Waals surface area (Å²) >= 11 is 5.72. The molecular formula is C12H13ClN4O. The van der Waals surface area contributed by atoms with Gasteiger partial charge in [-0.2, -0.15) is 5.10 Å². The Labute approximate surface area is 110 Å². The summed E-state index contributed by atoms with van der Waals surface area (Å²) < 4.78 is 1.73. The van der Waals surface area contributed by atoms with Crippen molar-refractivity contribution in [3.8, 4) is 0 Å². The minimum absolute atomic E-state index is 0.228. The SMILES string of the molecule is Cn1ccc(CCNC(=O)c2cccc(Cl)n2)n1. The molecule has 18 heavy (non-hydrogen) atoms. The Morgan fingerprint density at radius 3 is 2.94 bits per heavy atom. The summed E-state index contributed by atoms with van der Waals surface area (Å²) in [4.78, 5) is 15.7. The first kappa shape index (κ1) is 12.6. The van der Waals surface area contributed by atoms with E-state index < -0.39 is 0 Å². The van der Waals surface area contributed by atoms with Crippen molar-refractivity contribution in [1.29, 1.82) is 0 Å². The first-order valence-corrected chi connectivity index (χ1v) is 5.92. The highest BCUT2D eigenvalue weighted by Crippen LogP contribution is 2.04. The molecule has 94 valence electrons. The number of nitrogens with zero attached hydrogens (tertiary/aromatic N) is 3. The summed E-state index contributed by atoms with van der Waals surface area (Å²) in [5, 5.41) is 7.31. The quantitative estimate of drug-likeness (QED) is 0.850. The van der Waals surface area contributed by atoms with Crippen molar-refractivity contribution in [2.45, 2.75) is 6.42 Å². The Morgan fingerprint density at radius 1 is 1.44 bits per heavy atom. The molecule has 2 rings (SSSR count). The Kier molecular flexibility index (Phi) is 3.94. The van der Waals surface area contributed by atoms with Crippen LogP contribution in [-0.4, -0.2) is 27.2 Å². The fourth-order valence-corrected chi connectivity index (χ4v) is 1.69. The molecular weight excluding hydrogens is 252 g/mol. The number of carbonyl (C=O) groups is 1. The molecule has 0 bridgehead atoms. The number of hydrogen-bond donors (Lipinski definition) is 1. The molecule has 1 N–H and O–H groups in total. The van der Waals surface area contributed by atoms with Gasteiger partial charge in [-0.05, 0) is 18.2 Å². The van der Waals surface area contributed by atoms with Gasteiger partial charge in [0.2, 0.25) is 0 Å². The monoisotopic (exact) mass is 264 g/mol. The molecule has 5 nitrogen and oxygen atoms in total. The van der Waals surface area contributed by atoms with Gasteiger partial charge in [-0.1, -0.05) is 17.7 Å². The molecule has 2 aromatic rings. The number of aromatic nitrogens is 3. The second-order valence-corrected chi connectivity index (χ2v) is 4.22. The molecule has 0 aliphatic rings. The minimum atomic E-state index is -0.228. The molecule has 0 unspecified atom stereocenters. The van der Waals surface area contributed by atoms with Crippen molar-refractivity contribution in [1.82, 2.24) is 20.1 Å². The van der Waals surface area contributed by atoms with Crippen molar-refractivity contribution >= 4 is 17.5 Å². The van der Waals surface area contributed by atoms with Crippen LogP contribution in [-0.2, 0) is 13.5 Å². The van der Waals surface area contributed by atoms with Crippen LogP contribution in [0.4, 0.5) is 0 Å². The fourth-order valence-electron chi connectivity index (χ4n) is 1.53. The largest absolute Gasteiger partial charge is 0.350 e. The van der Waals surface area contributed by atoms with Gasteiger partial charge in [0.1, 0.15) is 10.8 Å². The van der Waals surface area contributed by atoms with E-state index in [9.17, 15) is 4.79 Å². The van der Waals surface area contributed by atoms with E-state index in [-0.39, 0.29) is 5.91 Å². The van der Waals surface area contributed by atoms with Crippen molar-refractivity contribution in [3.63, 3.8) is 0 Å². The zero-order valence-corrected chi connectivity index (χ0v) is 10.7. The van der Waals surface area contributed by atoms with E-state index in [0.717, 1.165) is 5.69 Å². The van der Waals surface area contributed by atoms with Crippen LogP contribution in [0.25, 0.3) is 0 Å². The highest BCUT2D eigenvalue weighted by atomic mass is 35.5. The summed E-state index contributed by atoms with van der Waals surface area (Å²) in [6.07, 6.45) is 2.56. The Balaban J connectivity index is 1.85. The maximum absolute atomic E-state index is 11.7. The topological polar surface area (TPSA) is 59.8 Å². The van der Waals surface area contributed by atoms with Gasteiger partial charge < -0.3 is 5.32 Å². The second-order valence-electron chi connectivity index (χ2n) is 3.83. The first-order chi connectivity index (χ1) is 8.65. The highest BCUT2D eigenvalue weighted by molar-refractivity contribution is 6.29. The summed E-state index contributed by atoms with van der Waals surface area (Å²) in [6, 6.07) is 6.88. The van der Waals surface area contributed by atoms with Crippen LogP contribution in [0.2, 0.25) is 5.15 Å². The highest BCUT2D eigenvalue weighted by Gasteiger charge is 2.07.